The predicted octanol–water partition coefficient (Wildman–Crippen LogP) is 4.66. The second-order valence-electron chi connectivity index (χ2n) is 8.46. The Morgan fingerprint density at radius 2 is 1.50 bits per heavy atom. The number of phenolic OH excluding ortho intramolecular Hbond substituents is 2. The third-order valence-corrected chi connectivity index (χ3v) is 6.02. The number of methoxy groups -OCH3 is 2. The largest absolute Gasteiger partial charge is 0.507 e. The van der Waals surface area contributed by atoms with Gasteiger partial charge in [-0.1, -0.05) is 25.0 Å². The molecule has 178 valence electrons. The summed E-state index contributed by atoms with van der Waals surface area (Å²) in [6.45, 7) is 4.28. The Balaban J connectivity index is 2.74. The molecular weight excluding hydrogens is 412 g/mol. The fraction of sp³-hybridized carbons (Fsp3) is 0.583. The standard InChI is InChI=1S/C24H36N2O6/c1-7-9-17-18(13-25(3)23(29)31-5)21(27)20(16-11-8-10-15(2)12-16)22(28)19(17)14-26(4)24(30)32-6/h12,16,27-28H,7-11,13-14H2,1-6H3. The van der Waals surface area contributed by atoms with Crippen LogP contribution < -0.4 is 0 Å². The van der Waals surface area contributed by atoms with Crippen molar-refractivity contribution in [2.45, 2.75) is 65.0 Å². The Labute approximate surface area is 190 Å². The molecule has 8 nitrogen and oxygen atoms in total. The van der Waals surface area contributed by atoms with Crippen LogP contribution in [0.5, 0.6) is 11.5 Å². The number of rotatable bonds is 7. The maximum atomic E-state index is 12.1. The van der Waals surface area contributed by atoms with Crippen LogP contribution in [0.1, 0.15) is 67.7 Å². The average Bonchev–Trinajstić information content (AvgIpc) is 2.77. The molecule has 2 rings (SSSR count). The molecule has 2 amide bonds. The molecule has 0 radical (unpaired) electrons. The van der Waals surface area contributed by atoms with E-state index < -0.39 is 12.2 Å². The van der Waals surface area contributed by atoms with E-state index in [0.717, 1.165) is 31.2 Å². The van der Waals surface area contributed by atoms with Crippen LogP contribution in [0.2, 0.25) is 0 Å². The predicted molar refractivity (Wildman–Crippen MR) is 122 cm³/mol. The number of nitrogens with zero attached hydrogens (tertiary/aromatic N) is 2. The lowest BCUT2D eigenvalue weighted by Crippen LogP contribution is -2.29. The molecule has 8 heteroatoms. The molecule has 2 N–H and O–H groups in total. The van der Waals surface area contributed by atoms with Gasteiger partial charge in [-0.05, 0) is 38.2 Å². The summed E-state index contributed by atoms with van der Waals surface area (Å²) in [5.74, 6) is -0.145. The molecule has 0 heterocycles. The minimum absolute atomic E-state index is 0.00197. The van der Waals surface area contributed by atoms with Gasteiger partial charge in [-0.2, -0.15) is 0 Å². The summed E-state index contributed by atoms with van der Waals surface area (Å²) in [6, 6.07) is 0. The molecule has 1 aromatic carbocycles. The Morgan fingerprint density at radius 3 is 1.91 bits per heavy atom. The van der Waals surface area contributed by atoms with E-state index in [0.29, 0.717) is 23.1 Å². The quantitative estimate of drug-likeness (QED) is 0.589. The van der Waals surface area contributed by atoms with Crippen LogP contribution in [-0.4, -0.2) is 60.5 Å². The molecular formula is C24H36N2O6. The number of aromatic hydroxyl groups is 2. The van der Waals surface area contributed by atoms with Gasteiger partial charge in [-0.3, -0.25) is 0 Å². The summed E-state index contributed by atoms with van der Waals surface area (Å²) in [5.41, 5.74) is 3.52. The van der Waals surface area contributed by atoms with E-state index in [9.17, 15) is 19.8 Å². The van der Waals surface area contributed by atoms with Gasteiger partial charge in [0.25, 0.3) is 0 Å². The molecule has 0 spiro atoms. The number of allylic oxidation sites excluding steroid dienone is 2. The molecule has 32 heavy (non-hydrogen) atoms. The third kappa shape index (κ3) is 5.47. The van der Waals surface area contributed by atoms with E-state index in [2.05, 4.69) is 6.08 Å². The Bertz CT molecular complexity index is 829. The summed E-state index contributed by atoms with van der Waals surface area (Å²) in [5, 5.41) is 22.7. The van der Waals surface area contributed by atoms with Crippen molar-refractivity contribution in [1.29, 1.82) is 0 Å². The van der Waals surface area contributed by atoms with Gasteiger partial charge < -0.3 is 29.5 Å². The molecule has 0 bridgehead atoms. The first kappa shape index (κ1) is 25.4. The highest BCUT2D eigenvalue weighted by Gasteiger charge is 2.30. The number of amides is 2. The van der Waals surface area contributed by atoms with Crippen LogP contribution in [0.4, 0.5) is 9.59 Å². The van der Waals surface area contributed by atoms with Crippen molar-refractivity contribution in [2.75, 3.05) is 28.3 Å². The maximum absolute atomic E-state index is 12.1. The zero-order chi connectivity index (χ0) is 24.0. The van der Waals surface area contributed by atoms with Crippen molar-refractivity contribution < 1.29 is 29.3 Å². The molecule has 1 atom stereocenters. The number of hydrogen-bond acceptors (Lipinski definition) is 6. The lowest BCUT2D eigenvalue weighted by molar-refractivity contribution is 0.130. The average molecular weight is 449 g/mol. The van der Waals surface area contributed by atoms with E-state index >= 15 is 0 Å². The molecule has 0 aliphatic heterocycles. The molecule has 0 saturated carbocycles. The number of ether oxygens (including phenoxy) is 2. The minimum atomic E-state index is -0.525. The number of carbonyl (C=O) groups is 2. The minimum Gasteiger partial charge on any atom is -0.507 e. The van der Waals surface area contributed by atoms with Gasteiger partial charge >= 0.3 is 12.2 Å². The Morgan fingerprint density at radius 1 is 1.00 bits per heavy atom. The van der Waals surface area contributed by atoms with Crippen molar-refractivity contribution in [1.82, 2.24) is 9.80 Å². The third-order valence-electron chi connectivity index (χ3n) is 6.02. The van der Waals surface area contributed by atoms with E-state index in [4.69, 9.17) is 9.47 Å². The van der Waals surface area contributed by atoms with Gasteiger partial charge in [0, 0.05) is 36.7 Å². The first-order valence-electron chi connectivity index (χ1n) is 11.0. The number of hydrogen-bond donors (Lipinski definition) is 2. The lowest BCUT2D eigenvalue weighted by Gasteiger charge is -2.29. The monoisotopic (exact) mass is 448 g/mol. The van der Waals surface area contributed by atoms with E-state index in [1.54, 1.807) is 14.1 Å². The number of benzene rings is 1. The van der Waals surface area contributed by atoms with Crippen molar-refractivity contribution in [2.24, 2.45) is 0 Å². The van der Waals surface area contributed by atoms with Crippen molar-refractivity contribution in [3.05, 3.63) is 33.9 Å². The molecule has 1 aliphatic rings. The van der Waals surface area contributed by atoms with Gasteiger partial charge in [0.1, 0.15) is 11.5 Å². The van der Waals surface area contributed by atoms with Crippen LogP contribution in [0.25, 0.3) is 0 Å². The fourth-order valence-electron chi connectivity index (χ4n) is 4.40. The van der Waals surface area contributed by atoms with Crippen LogP contribution >= 0.6 is 0 Å². The molecule has 1 unspecified atom stereocenters. The molecule has 1 aliphatic carbocycles. The van der Waals surface area contributed by atoms with Gasteiger partial charge in [0.15, 0.2) is 0 Å². The smallest absolute Gasteiger partial charge is 0.409 e. The highest BCUT2D eigenvalue weighted by molar-refractivity contribution is 5.69. The van der Waals surface area contributed by atoms with Gasteiger partial charge in [-0.15, -0.1) is 0 Å². The summed E-state index contributed by atoms with van der Waals surface area (Å²) in [7, 11) is 5.80. The molecule has 1 aromatic rings. The van der Waals surface area contributed by atoms with Gasteiger partial charge in [-0.25, -0.2) is 9.59 Å². The first-order valence-corrected chi connectivity index (χ1v) is 11.0. The van der Waals surface area contributed by atoms with Crippen molar-refractivity contribution >= 4 is 12.2 Å². The van der Waals surface area contributed by atoms with Gasteiger partial charge in [0.2, 0.25) is 0 Å². The maximum Gasteiger partial charge on any atom is 0.409 e. The second kappa shape index (κ2) is 11.1. The summed E-state index contributed by atoms with van der Waals surface area (Å²) < 4.78 is 9.65. The van der Waals surface area contributed by atoms with E-state index in [-0.39, 0.29) is 30.5 Å². The van der Waals surface area contributed by atoms with Crippen LogP contribution in [-0.2, 0) is 29.0 Å². The molecule has 0 fully saturated rings. The summed E-state index contributed by atoms with van der Waals surface area (Å²) in [4.78, 5) is 26.9. The Kier molecular flexibility index (Phi) is 8.80. The van der Waals surface area contributed by atoms with Crippen molar-refractivity contribution in [3.8, 4) is 11.5 Å². The fourth-order valence-corrected chi connectivity index (χ4v) is 4.40. The normalized spacial score (nSPS) is 15.7. The van der Waals surface area contributed by atoms with E-state index in [1.165, 1.54) is 29.6 Å². The van der Waals surface area contributed by atoms with Crippen LogP contribution in [0.3, 0.4) is 0 Å². The topological polar surface area (TPSA) is 99.5 Å². The van der Waals surface area contributed by atoms with Crippen LogP contribution in [0, 0.1) is 0 Å². The molecule has 0 aromatic heterocycles. The highest BCUT2D eigenvalue weighted by Crippen LogP contribution is 2.47. The highest BCUT2D eigenvalue weighted by atomic mass is 16.5. The summed E-state index contributed by atoms with van der Waals surface area (Å²) in [6.07, 6.45) is 5.09. The summed E-state index contributed by atoms with van der Waals surface area (Å²) >= 11 is 0. The van der Waals surface area contributed by atoms with Crippen LogP contribution in [0.15, 0.2) is 11.6 Å². The number of phenols is 2. The second-order valence-corrected chi connectivity index (χ2v) is 8.46. The van der Waals surface area contributed by atoms with Crippen molar-refractivity contribution in [3.63, 3.8) is 0 Å². The zero-order valence-corrected chi connectivity index (χ0v) is 20.0. The first-order chi connectivity index (χ1) is 15.2. The molecule has 0 saturated heterocycles. The number of carbonyl (C=O) groups excluding carboxylic acids is 2. The van der Waals surface area contributed by atoms with Gasteiger partial charge in [0.05, 0.1) is 27.3 Å². The Hall–Kier alpha value is -2.90. The van der Waals surface area contributed by atoms with E-state index in [1.807, 2.05) is 13.8 Å². The lowest BCUT2D eigenvalue weighted by atomic mass is 9.81. The SMILES string of the molecule is CCCc1c(CN(C)C(=O)OC)c(O)c(C2C=C(C)CCC2)c(O)c1CN(C)C(=O)OC. The zero-order valence-electron chi connectivity index (χ0n) is 20.0.